The molecule has 1 amide bonds. The molecule has 0 fully saturated rings. The summed E-state index contributed by atoms with van der Waals surface area (Å²) >= 11 is 1.51. The van der Waals surface area contributed by atoms with Crippen LogP contribution < -0.4 is 5.32 Å². The van der Waals surface area contributed by atoms with Crippen molar-refractivity contribution < 1.29 is 9.90 Å². The first-order valence-electron chi connectivity index (χ1n) is 8.17. The van der Waals surface area contributed by atoms with Crippen LogP contribution >= 0.6 is 11.3 Å². The van der Waals surface area contributed by atoms with Crippen LogP contribution in [0.2, 0.25) is 0 Å². The van der Waals surface area contributed by atoms with Gasteiger partial charge in [0.25, 0.3) is 0 Å². The molecule has 0 spiro atoms. The summed E-state index contributed by atoms with van der Waals surface area (Å²) in [6.45, 7) is 2.00. The Labute approximate surface area is 141 Å². The number of hydrogen-bond acceptors (Lipinski definition) is 3. The maximum Gasteiger partial charge on any atom is 0.220 e. The summed E-state index contributed by atoms with van der Waals surface area (Å²) in [6, 6.07) is 12.2. The minimum absolute atomic E-state index is 0.0172. The first kappa shape index (κ1) is 16.2. The molecule has 2 N–H and O–H groups in total. The van der Waals surface area contributed by atoms with Crippen LogP contribution in [0.5, 0.6) is 0 Å². The van der Waals surface area contributed by atoms with Gasteiger partial charge in [-0.15, -0.1) is 11.3 Å². The van der Waals surface area contributed by atoms with Crippen LogP contribution in [-0.4, -0.2) is 17.6 Å². The number of fused-ring (bicyclic) bond motifs is 1. The van der Waals surface area contributed by atoms with E-state index < -0.39 is 5.60 Å². The van der Waals surface area contributed by atoms with Gasteiger partial charge in [0, 0.05) is 11.3 Å². The SMILES string of the molecule is CC(O)(CNC(=O)CC1CCCc2ccccc21)c1cccs1. The van der Waals surface area contributed by atoms with E-state index in [-0.39, 0.29) is 12.5 Å². The second-order valence-corrected chi connectivity index (χ2v) is 7.47. The van der Waals surface area contributed by atoms with Crippen LogP contribution in [0.25, 0.3) is 0 Å². The zero-order chi connectivity index (χ0) is 16.3. The van der Waals surface area contributed by atoms with E-state index in [0.29, 0.717) is 12.3 Å². The molecule has 2 unspecified atom stereocenters. The molecule has 1 aliphatic rings. The Kier molecular flexibility index (Phi) is 4.83. The summed E-state index contributed by atoms with van der Waals surface area (Å²) in [6.07, 6.45) is 3.81. The number of carbonyl (C=O) groups is 1. The van der Waals surface area contributed by atoms with Crippen molar-refractivity contribution in [2.75, 3.05) is 6.54 Å². The van der Waals surface area contributed by atoms with E-state index in [4.69, 9.17) is 0 Å². The molecule has 1 heterocycles. The number of nitrogens with one attached hydrogen (secondary N) is 1. The summed E-state index contributed by atoms with van der Waals surface area (Å²) in [4.78, 5) is 13.2. The van der Waals surface area contributed by atoms with Crippen LogP contribution in [0, 0.1) is 0 Å². The van der Waals surface area contributed by atoms with E-state index >= 15 is 0 Å². The molecule has 23 heavy (non-hydrogen) atoms. The van der Waals surface area contributed by atoms with Crippen molar-refractivity contribution in [3.8, 4) is 0 Å². The van der Waals surface area contributed by atoms with Crippen molar-refractivity contribution in [3.63, 3.8) is 0 Å². The van der Waals surface area contributed by atoms with Crippen molar-refractivity contribution in [2.45, 2.75) is 44.1 Å². The molecule has 2 atom stereocenters. The average molecular weight is 329 g/mol. The van der Waals surface area contributed by atoms with Gasteiger partial charge in [-0.25, -0.2) is 0 Å². The van der Waals surface area contributed by atoms with Gasteiger partial charge in [-0.1, -0.05) is 30.3 Å². The van der Waals surface area contributed by atoms with Gasteiger partial charge in [0.05, 0.1) is 6.54 Å². The lowest BCUT2D eigenvalue weighted by Crippen LogP contribution is -2.38. The Morgan fingerprint density at radius 2 is 2.17 bits per heavy atom. The minimum Gasteiger partial charge on any atom is -0.383 e. The Morgan fingerprint density at radius 1 is 1.35 bits per heavy atom. The summed E-state index contributed by atoms with van der Waals surface area (Å²) in [5.74, 6) is 0.315. The maximum absolute atomic E-state index is 12.3. The summed E-state index contributed by atoms with van der Waals surface area (Å²) in [5, 5.41) is 15.3. The molecule has 4 heteroatoms. The van der Waals surface area contributed by atoms with Gasteiger partial charge in [0.1, 0.15) is 5.60 Å². The molecule has 0 aliphatic heterocycles. The van der Waals surface area contributed by atoms with Gasteiger partial charge in [-0.05, 0) is 54.7 Å². The largest absolute Gasteiger partial charge is 0.383 e. The molecular formula is C19H23NO2S. The molecule has 1 aliphatic carbocycles. The minimum atomic E-state index is -1.01. The van der Waals surface area contributed by atoms with E-state index in [0.717, 1.165) is 24.1 Å². The fourth-order valence-electron chi connectivity index (χ4n) is 3.31. The van der Waals surface area contributed by atoms with Crippen molar-refractivity contribution in [3.05, 3.63) is 57.8 Å². The summed E-state index contributed by atoms with van der Waals surface area (Å²) in [7, 11) is 0. The average Bonchev–Trinajstić information content (AvgIpc) is 3.09. The van der Waals surface area contributed by atoms with Crippen molar-refractivity contribution >= 4 is 17.2 Å². The topological polar surface area (TPSA) is 49.3 Å². The van der Waals surface area contributed by atoms with Gasteiger partial charge in [0.2, 0.25) is 5.91 Å². The predicted octanol–water partition coefficient (Wildman–Crippen LogP) is 3.58. The smallest absolute Gasteiger partial charge is 0.220 e. The molecule has 0 radical (unpaired) electrons. The third-order valence-corrected chi connectivity index (χ3v) is 5.73. The molecular weight excluding hydrogens is 306 g/mol. The molecule has 2 aromatic rings. The third-order valence-electron chi connectivity index (χ3n) is 4.61. The van der Waals surface area contributed by atoms with E-state index in [2.05, 4.69) is 29.6 Å². The molecule has 0 saturated heterocycles. The lowest BCUT2D eigenvalue weighted by atomic mass is 9.81. The van der Waals surface area contributed by atoms with Gasteiger partial charge in [-0.3, -0.25) is 4.79 Å². The fourth-order valence-corrected chi connectivity index (χ4v) is 4.09. The van der Waals surface area contributed by atoms with E-state index in [9.17, 15) is 9.90 Å². The number of hydrogen-bond donors (Lipinski definition) is 2. The first-order valence-corrected chi connectivity index (χ1v) is 9.05. The molecule has 1 aromatic carbocycles. The van der Waals surface area contributed by atoms with E-state index in [1.165, 1.54) is 22.5 Å². The number of aryl methyl sites for hydroxylation is 1. The quantitative estimate of drug-likeness (QED) is 0.881. The highest BCUT2D eigenvalue weighted by Gasteiger charge is 2.26. The van der Waals surface area contributed by atoms with Crippen LogP contribution in [0.1, 0.15) is 48.1 Å². The van der Waals surface area contributed by atoms with E-state index in [1.807, 2.05) is 17.5 Å². The summed E-state index contributed by atoms with van der Waals surface area (Å²) < 4.78 is 0. The first-order chi connectivity index (χ1) is 11.1. The normalized spacial score (nSPS) is 19.7. The number of amides is 1. The molecule has 122 valence electrons. The predicted molar refractivity (Wildman–Crippen MR) is 93.6 cm³/mol. The monoisotopic (exact) mass is 329 g/mol. The van der Waals surface area contributed by atoms with Gasteiger partial charge >= 0.3 is 0 Å². The van der Waals surface area contributed by atoms with Crippen molar-refractivity contribution in [1.29, 1.82) is 0 Å². The number of carbonyl (C=O) groups excluding carboxylic acids is 1. The Morgan fingerprint density at radius 3 is 2.96 bits per heavy atom. The van der Waals surface area contributed by atoms with Gasteiger partial charge < -0.3 is 10.4 Å². The van der Waals surface area contributed by atoms with Crippen molar-refractivity contribution in [1.82, 2.24) is 5.32 Å². The fraction of sp³-hybridized carbons (Fsp3) is 0.421. The number of thiophene rings is 1. The molecule has 0 saturated carbocycles. The number of aliphatic hydroxyl groups is 1. The molecule has 3 rings (SSSR count). The molecule has 3 nitrogen and oxygen atoms in total. The van der Waals surface area contributed by atoms with Gasteiger partial charge in [-0.2, -0.15) is 0 Å². The zero-order valence-electron chi connectivity index (χ0n) is 13.4. The van der Waals surface area contributed by atoms with Crippen molar-refractivity contribution in [2.24, 2.45) is 0 Å². The summed E-state index contributed by atoms with van der Waals surface area (Å²) in [5.41, 5.74) is 1.69. The van der Waals surface area contributed by atoms with Crippen LogP contribution in [0.3, 0.4) is 0 Å². The Hall–Kier alpha value is -1.65. The Bertz CT molecular complexity index is 664. The van der Waals surface area contributed by atoms with E-state index in [1.54, 1.807) is 6.92 Å². The highest BCUT2D eigenvalue weighted by Crippen LogP contribution is 2.33. The lowest BCUT2D eigenvalue weighted by molar-refractivity contribution is -0.122. The van der Waals surface area contributed by atoms with Gasteiger partial charge in [0.15, 0.2) is 0 Å². The van der Waals surface area contributed by atoms with Crippen LogP contribution in [-0.2, 0) is 16.8 Å². The zero-order valence-corrected chi connectivity index (χ0v) is 14.2. The maximum atomic E-state index is 12.3. The second kappa shape index (κ2) is 6.85. The highest BCUT2D eigenvalue weighted by molar-refractivity contribution is 7.10. The van der Waals surface area contributed by atoms with Crippen LogP contribution in [0.4, 0.5) is 0 Å². The standard InChI is InChI=1S/C19H23NO2S/c1-19(22,17-10-5-11-23-17)13-20-18(21)12-15-8-4-7-14-6-2-3-9-16(14)15/h2-3,5-6,9-11,15,22H,4,7-8,12-13H2,1H3,(H,20,21). The molecule has 1 aromatic heterocycles. The number of benzene rings is 1. The van der Waals surface area contributed by atoms with Crippen LogP contribution in [0.15, 0.2) is 41.8 Å². The lowest BCUT2D eigenvalue weighted by Gasteiger charge is -2.26. The molecule has 0 bridgehead atoms. The highest BCUT2D eigenvalue weighted by atomic mass is 32.1. The number of rotatable bonds is 5. The second-order valence-electron chi connectivity index (χ2n) is 6.52. The third kappa shape index (κ3) is 3.82. The Balaban J connectivity index is 1.58.